The Bertz CT molecular complexity index is 400. The molecule has 2 nitrogen and oxygen atoms in total. The van der Waals surface area contributed by atoms with Gasteiger partial charge < -0.3 is 10.2 Å². The topological polar surface area (TPSA) is 15.3 Å². The van der Waals surface area contributed by atoms with Crippen LogP contribution in [0, 0.1) is 6.92 Å². The Morgan fingerprint density at radius 1 is 1.26 bits per heavy atom. The number of nitrogens with zero attached hydrogens (tertiary/aromatic N) is 1. The first-order valence-electron chi connectivity index (χ1n) is 7.36. The molecule has 0 radical (unpaired) electrons. The highest BCUT2D eigenvalue weighted by atomic mass is 79.9. The number of piperidine rings is 1. The zero-order chi connectivity index (χ0) is 13.7. The van der Waals surface area contributed by atoms with Gasteiger partial charge in [-0.05, 0) is 57.0 Å². The van der Waals surface area contributed by atoms with Gasteiger partial charge in [-0.1, -0.05) is 34.5 Å². The van der Waals surface area contributed by atoms with Gasteiger partial charge in [0.15, 0.2) is 0 Å². The molecular formula is C16H25BrN2. The summed E-state index contributed by atoms with van der Waals surface area (Å²) < 4.78 is 1.19. The molecule has 1 fully saturated rings. The molecule has 19 heavy (non-hydrogen) atoms. The monoisotopic (exact) mass is 324 g/mol. The van der Waals surface area contributed by atoms with Crippen molar-refractivity contribution in [2.45, 2.75) is 45.7 Å². The number of hydrogen-bond donors (Lipinski definition) is 1. The van der Waals surface area contributed by atoms with Crippen LogP contribution in [-0.4, -0.2) is 30.6 Å². The van der Waals surface area contributed by atoms with E-state index in [-0.39, 0.29) is 0 Å². The summed E-state index contributed by atoms with van der Waals surface area (Å²) in [5, 5.41) is 3.64. The number of benzene rings is 1. The predicted molar refractivity (Wildman–Crippen MR) is 85.5 cm³/mol. The van der Waals surface area contributed by atoms with E-state index in [2.05, 4.69) is 58.2 Å². The van der Waals surface area contributed by atoms with Crippen LogP contribution in [0.4, 0.5) is 0 Å². The van der Waals surface area contributed by atoms with Gasteiger partial charge in [-0.25, -0.2) is 0 Å². The smallest absolute Gasteiger partial charge is 0.0208 e. The average molecular weight is 325 g/mol. The van der Waals surface area contributed by atoms with E-state index in [1.807, 2.05) is 0 Å². The van der Waals surface area contributed by atoms with Crippen molar-refractivity contribution >= 4 is 15.9 Å². The van der Waals surface area contributed by atoms with Crippen LogP contribution in [0.25, 0.3) is 0 Å². The number of nitrogens with one attached hydrogen (secondary N) is 1. The SMILES string of the molecule is Cc1cc(CNC(C)CN2CCCCC2)ccc1Br. The Kier molecular flexibility index (Phi) is 5.86. The summed E-state index contributed by atoms with van der Waals surface area (Å²) in [6.07, 6.45) is 4.16. The lowest BCUT2D eigenvalue weighted by atomic mass is 10.1. The molecule has 0 amide bonds. The third kappa shape index (κ3) is 4.90. The number of rotatable bonds is 5. The number of likely N-dealkylation sites (tertiary alicyclic amines) is 1. The van der Waals surface area contributed by atoms with Crippen molar-refractivity contribution in [3.63, 3.8) is 0 Å². The van der Waals surface area contributed by atoms with Gasteiger partial charge in [0, 0.05) is 23.6 Å². The highest BCUT2D eigenvalue weighted by Crippen LogP contribution is 2.17. The molecule has 1 heterocycles. The molecule has 1 saturated heterocycles. The first-order chi connectivity index (χ1) is 9.15. The lowest BCUT2D eigenvalue weighted by Gasteiger charge is -2.29. The molecule has 0 spiro atoms. The largest absolute Gasteiger partial charge is 0.309 e. The van der Waals surface area contributed by atoms with E-state index >= 15 is 0 Å². The fourth-order valence-corrected chi connectivity index (χ4v) is 2.95. The van der Waals surface area contributed by atoms with E-state index in [1.54, 1.807) is 0 Å². The number of hydrogen-bond acceptors (Lipinski definition) is 2. The van der Waals surface area contributed by atoms with Crippen LogP contribution in [-0.2, 0) is 6.54 Å². The van der Waals surface area contributed by atoms with Crippen molar-refractivity contribution in [1.82, 2.24) is 10.2 Å². The van der Waals surface area contributed by atoms with Crippen LogP contribution in [0.2, 0.25) is 0 Å². The van der Waals surface area contributed by atoms with E-state index in [0.29, 0.717) is 6.04 Å². The van der Waals surface area contributed by atoms with Gasteiger partial charge in [-0.2, -0.15) is 0 Å². The molecule has 1 aromatic rings. The fourth-order valence-electron chi connectivity index (χ4n) is 2.70. The molecule has 1 N–H and O–H groups in total. The molecule has 3 heteroatoms. The minimum atomic E-state index is 0.557. The van der Waals surface area contributed by atoms with E-state index in [0.717, 1.165) is 6.54 Å². The molecule has 1 atom stereocenters. The van der Waals surface area contributed by atoms with Gasteiger partial charge in [-0.3, -0.25) is 0 Å². The van der Waals surface area contributed by atoms with E-state index in [1.165, 1.54) is 54.5 Å². The van der Waals surface area contributed by atoms with Gasteiger partial charge in [0.05, 0.1) is 0 Å². The third-order valence-electron chi connectivity index (χ3n) is 3.86. The van der Waals surface area contributed by atoms with Gasteiger partial charge in [0.1, 0.15) is 0 Å². The highest BCUT2D eigenvalue weighted by molar-refractivity contribution is 9.10. The van der Waals surface area contributed by atoms with E-state index in [9.17, 15) is 0 Å². The maximum absolute atomic E-state index is 3.64. The number of halogens is 1. The van der Waals surface area contributed by atoms with Gasteiger partial charge in [0.2, 0.25) is 0 Å². The standard InChI is InChI=1S/C16H25BrN2/c1-13-10-15(6-7-16(13)17)11-18-14(2)12-19-8-4-3-5-9-19/h6-7,10,14,18H,3-5,8-9,11-12H2,1-2H3. The van der Waals surface area contributed by atoms with Crippen LogP contribution in [0.3, 0.4) is 0 Å². The second kappa shape index (κ2) is 7.41. The fraction of sp³-hybridized carbons (Fsp3) is 0.625. The summed E-state index contributed by atoms with van der Waals surface area (Å²) in [4.78, 5) is 2.59. The van der Waals surface area contributed by atoms with Crippen LogP contribution >= 0.6 is 15.9 Å². The molecule has 1 aromatic carbocycles. The first kappa shape index (κ1) is 15.0. The van der Waals surface area contributed by atoms with Crippen LogP contribution in [0.1, 0.15) is 37.3 Å². The van der Waals surface area contributed by atoms with Gasteiger partial charge in [-0.15, -0.1) is 0 Å². The first-order valence-corrected chi connectivity index (χ1v) is 8.15. The van der Waals surface area contributed by atoms with E-state index < -0.39 is 0 Å². The lowest BCUT2D eigenvalue weighted by Crippen LogP contribution is -2.41. The Morgan fingerprint density at radius 3 is 2.68 bits per heavy atom. The molecule has 0 bridgehead atoms. The summed E-state index contributed by atoms with van der Waals surface area (Å²) in [6.45, 7) is 9.14. The maximum Gasteiger partial charge on any atom is 0.0208 e. The van der Waals surface area contributed by atoms with Gasteiger partial charge in [0.25, 0.3) is 0 Å². The second-order valence-electron chi connectivity index (χ2n) is 5.73. The minimum Gasteiger partial charge on any atom is -0.309 e. The quantitative estimate of drug-likeness (QED) is 0.888. The molecular weight excluding hydrogens is 300 g/mol. The molecule has 0 aromatic heterocycles. The van der Waals surface area contributed by atoms with Gasteiger partial charge >= 0.3 is 0 Å². The van der Waals surface area contributed by atoms with Crippen molar-refractivity contribution in [1.29, 1.82) is 0 Å². The van der Waals surface area contributed by atoms with Crippen molar-refractivity contribution in [2.24, 2.45) is 0 Å². The normalized spacial score (nSPS) is 18.5. The molecule has 0 aliphatic carbocycles. The molecule has 0 saturated carbocycles. The summed E-state index contributed by atoms with van der Waals surface area (Å²) in [7, 11) is 0. The zero-order valence-corrected chi connectivity index (χ0v) is 13.7. The summed E-state index contributed by atoms with van der Waals surface area (Å²) in [5.74, 6) is 0. The Morgan fingerprint density at radius 2 is 2.00 bits per heavy atom. The third-order valence-corrected chi connectivity index (χ3v) is 4.75. The van der Waals surface area contributed by atoms with Crippen LogP contribution in [0.5, 0.6) is 0 Å². The van der Waals surface area contributed by atoms with Crippen molar-refractivity contribution in [2.75, 3.05) is 19.6 Å². The molecule has 1 aliphatic rings. The molecule has 106 valence electrons. The zero-order valence-electron chi connectivity index (χ0n) is 12.1. The molecule has 1 unspecified atom stereocenters. The Hall–Kier alpha value is -0.380. The van der Waals surface area contributed by atoms with Crippen molar-refractivity contribution < 1.29 is 0 Å². The van der Waals surface area contributed by atoms with Crippen molar-refractivity contribution in [3.8, 4) is 0 Å². The second-order valence-corrected chi connectivity index (χ2v) is 6.58. The van der Waals surface area contributed by atoms with E-state index in [4.69, 9.17) is 0 Å². The summed E-state index contributed by atoms with van der Waals surface area (Å²) >= 11 is 3.55. The average Bonchev–Trinajstić information content (AvgIpc) is 2.41. The summed E-state index contributed by atoms with van der Waals surface area (Å²) in [6, 6.07) is 7.14. The maximum atomic E-state index is 3.64. The number of aryl methyl sites for hydroxylation is 1. The van der Waals surface area contributed by atoms with Crippen LogP contribution in [0.15, 0.2) is 22.7 Å². The Labute approximate surface area is 125 Å². The highest BCUT2D eigenvalue weighted by Gasteiger charge is 2.12. The predicted octanol–water partition coefficient (Wildman–Crippen LogP) is 3.72. The lowest BCUT2D eigenvalue weighted by molar-refractivity contribution is 0.209. The van der Waals surface area contributed by atoms with Crippen LogP contribution < -0.4 is 5.32 Å². The molecule has 2 rings (SSSR count). The minimum absolute atomic E-state index is 0.557. The summed E-state index contributed by atoms with van der Waals surface area (Å²) in [5.41, 5.74) is 2.68. The Balaban J connectivity index is 1.75. The molecule has 1 aliphatic heterocycles. The van der Waals surface area contributed by atoms with Crippen molar-refractivity contribution in [3.05, 3.63) is 33.8 Å².